The molecular formula is C19H27FN6O. The minimum absolute atomic E-state index is 0.0391. The molecule has 1 saturated heterocycles. The number of nitrogens with one attached hydrogen (secondary N) is 2. The Morgan fingerprint density at radius 2 is 2.04 bits per heavy atom. The summed E-state index contributed by atoms with van der Waals surface area (Å²) in [6.07, 6.45) is 0. The van der Waals surface area contributed by atoms with Crippen molar-refractivity contribution in [1.29, 1.82) is 5.26 Å². The molecule has 1 aromatic rings. The molecule has 7 nitrogen and oxygen atoms in total. The summed E-state index contributed by atoms with van der Waals surface area (Å²) in [4.78, 5) is 20.4. The maximum atomic E-state index is 14.0. The Morgan fingerprint density at radius 1 is 1.33 bits per heavy atom. The quantitative estimate of drug-likeness (QED) is 0.591. The molecule has 0 saturated carbocycles. The van der Waals surface area contributed by atoms with Crippen molar-refractivity contribution < 1.29 is 9.18 Å². The van der Waals surface area contributed by atoms with Crippen molar-refractivity contribution in [2.75, 3.05) is 39.8 Å². The molecule has 1 aliphatic rings. The van der Waals surface area contributed by atoms with E-state index in [2.05, 4.69) is 25.4 Å². The van der Waals surface area contributed by atoms with Crippen LogP contribution in [0.4, 0.5) is 4.39 Å². The van der Waals surface area contributed by atoms with E-state index in [4.69, 9.17) is 5.26 Å². The van der Waals surface area contributed by atoms with E-state index in [9.17, 15) is 9.18 Å². The number of benzene rings is 1. The first-order valence-electron chi connectivity index (χ1n) is 9.08. The number of piperazine rings is 1. The largest absolute Gasteiger partial charge is 0.353 e. The van der Waals surface area contributed by atoms with Crippen LogP contribution >= 0.6 is 0 Å². The van der Waals surface area contributed by atoms with Gasteiger partial charge in [-0.25, -0.2) is 4.39 Å². The fourth-order valence-electron chi connectivity index (χ4n) is 2.96. The molecule has 1 heterocycles. The number of aliphatic imine (C=N–C) groups is 1. The first-order valence-corrected chi connectivity index (χ1v) is 9.08. The number of nitrogens with zero attached hydrogens (tertiary/aromatic N) is 4. The normalized spacial score (nSPS) is 15.6. The topological polar surface area (TPSA) is 83.8 Å². The predicted molar refractivity (Wildman–Crippen MR) is 103 cm³/mol. The molecule has 0 unspecified atom stereocenters. The molecule has 0 bridgehead atoms. The number of rotatable bonds is 5. The van der Waals surface area contributed by atoms with Gasteiger partial charge in [0.2, 0.25) is 5.91 Å². The summed E-state index contributed by atoms with van der Waals surface area (Å²) < 4.78 is 14.0. The number of guanidine groups is 1. The second-order valence-electron chi connectivity index (χ2n) is 6.80. The van der Waals surface area contributed by atoms with Crippen LogP contribution in [0.1, 0.15) is 25.0 Å². The maximum absolute atomic E-state index is 14.0. The molecule has 0 aliphatic carbocycles. The van der Waals surface area contributed by atoms with E-state index in [1.807, 2.05) is 19.9 Å². The van der Waals surface area contributed by atoms with Crippen molar-refractivity contribution in [1.82, 2.24) is 20.4 Å². The van der Waals surface area contributed by atoms with Crippen LogP contribution in [0.15, 0.2) is 23.2 Å². The lowest BCUT2D eigenvalue weighted by atomic mass is 10.1. The van der Waals surface area contributed by atoms with Crippen LogP contribution in [0.2, 0.25) is 0 Å². The van der Waals surface area contributed by atoms with Crippen molar-refractivity contribution in [3.8, 4) is 6.07 Å². The van der Waals surface area contributed by atoms with Gasteiger partial charge in [-0.3, -0.25) is 14.7 Å². The van der Waals surface area contributed by atoms with Crippen molar-refractivity contribution in [3.05, 3.63) is 35.1 Å². The number of carbonyl (C=O) groups is 1. The first kappa shape index (κ1) is 20.6. The lowest BCUT2D eigenvalue weighted by molar-refractivity contribution is -0.123. The van der Waals surface area contributed by atoms with E-state index in [0.29, 0.717) is 30.2 Å². The summed E-state index contributed by atoms with van der Waals surface area (Å²) in [6.45, 7) is 7.59. The maximum Gasteiger partial charge on any atom is 0.234 e. The zero-order valence-electron chi connectivity index (χ0n) is 16.1. The van der Waals surface area contributed by atoms with Gasteiger partial charge in [-0.05, 0) is 26.0 Å². The van der Waals surface area contributed by atoms with Crippen LogP contribution in [0.5, 0.6) is 0 Å². The minimum atomic E-state index is -0.405. The third-order valence-electron chi connectivity index (χ3n) is 4.32. The van der Waals surface area contributed by atoms with E-state index in [1.165, 1.54) is 6.07 Å². The van der Waals surface area contributed by atoms with Crippen molar-refractivity contribution in [2.24, 2.45) is 4.99 Å². The third-order valence-corrected chi connectivity index (χ3v) is 4.32. The van der Waals surface area contributed by atoms with Gasteiger partial charge < -0.3 is 15.5 Å². The Labute approximate surface area is 159 Å². The molecule has 2 N–H and O–H groups in total. The van der Waals surface area contributed by atoms with Gasteiger partial charge in [0.15, 0.2) is 5.96 Å². The van der Waals surface area contributed by atoms with Gasteiger partial charge in [0.1, 0.15) is 5.82 Å². The summed E-state index contributed by atoms with van der Waals surface area (Å²) in [7, 11) is 1.69. The fourth-order valence-corrected chi connectivity index (χ4v) is 2.96. The molecule has 27 heavy (non-hydrogen) atoms. The van der Waals surface area contributed by atoms with E-state index < -0.39 is 5.82 Å². The van der Waals surface area contributed by atoms with Crippen LogP contribution in [-0.4, -0.2) is 67.5 Å². The lowest BCUT2D eigenvalue weighted by Crippen LogP contribution is -2.54. The second-order valence-corrected chi connectivity index (χ2v) is 6.80. The lowest BCUT2D eigenvalue weighted by Gasteiger charge is -2.36. The van der Waals surface area contributed by atoms with Gasteiger partial charge in [0, 0.05) is 51.4 Å². The number of carbonyl (C=O) groups excluding carboxylic acids is 1. The van der Waals surface area contributed by atoms with Crippen molar-refractivity contribution >= 4 is 11.9 Å². The van der Waals surface area contributed by atoms with Gasteiger partial charge in [-0.15, -0.1) is 0 Å². The average molecular weight is 374 g/mol. The predicted octanol–water partition coefficient (Wildman–Crippen LogP) is 0.915. The standard InChI is InChI=1S/C19H27FN6O/c1-14(2)24-18(27)13-25-6-8-26(9-7-25)19(22-3)23-12-16-5-4-15(11-21)10-17(16)20/h4-5,10,14H,6-9,12-13H2,1-3H3,(H,22,23)(H,24,27). The number of hydrogen-bond donors (Lipinski definition) is 2. The second kappa shape index (κ2) is 9.88. The number of amides is 1. The highest BCUT2D eigenvalue weighted by atomic mass is 19.1. The van der Waals surface area contributed by atoms with Crippen LogP contribution < -0.4 is 10.6 Å². The summed E-state index contributed by atoms with van der Waals surface area (Å²) in [6, 6.07) is 6.52. The zero-order chi connectivity index (χ0) is 19.8. The van der Waals surface area contributed by atoms with Crippen LogP contribution in [0.25, 0.3) is 0 Å². The summed E-state index contributed by atoms with van der Waals surface area (Å²) in [5.74, 6) is 0.334. The summed E-state index contributed by atoms with van der Waals surface area (Å²) in [5, 5.41) is 14.9. The molecule has 1 amide bonds. The number of halogens is 1. The SMILES string of the molecule is CN=C(NCc1ccc(C#N)cc1F)N1CCN(CC(=O)NC(C)C)CC1. The molecule has 2 rings (SSSR count). The minimum Gasteiger partial charge on any atom is -0.353 e. The van der Waals surface area contributed by atoms with Crippen molar-refractivity contribution in [2.45, 2.75) is 26.4 Å². The van der Waals surface area contributed by atoms with E-state index >= 15 is 0 Å². The summed E-state index contributed by atoms with van der Waals surface area (Å²) >= 11 is 0. The Balaban J connectivity index is 1.84. The molecule has 0 spiro atoms. The molecule has 8 heteroatoms. The highest BCUT2D eigenvalue weighted by Crippen LogP contribution is 2.10. The monoisotopic (exact) mass is 374 g/mol. The van der Waals surface area contributed by atoms with Crippen LogP contribution in [0, 0.1) is 17.1 Å². The fraction of sp³-hybridized carbons (Fsp3) is 0.526. The molecule has 1 fully saturated rings. The molecule has 1 aliphatic heterocycles. The smallest absolute Gasteiger partial charge is 0.234 e. The first-order chi connectivity index (χ1) is 12.9. The highest BCUT2D eigenvalue weighted by molar-refractivity contribution is 5.80. The van der Waals surface area contributed by atoms with Crippen LogP contribution in [0.3, 0.4) is 0 Å². The number of hydrogen-bond acceptors (Lipinski definition) is 4. The van der Waals surface area contributed by atoms with Gasteiger partial charge in [-0.2, -0.15) is 5.26 Å². The number of nitriles is 1. The Hall–Kier alpha value is -2.66. The van der Waals surface area contributed by atoms with Gasteiger partial charge in [0.25, 0.3) is 0 Å². The summed E-state index contributed by atoms with van der Waals surface area (Å²) in [5.41, 5.74) is 0.789. The Morgan fingerprint density at radius 3 is 2.59 bits per heavy atom. The zero-order valence-corrected chi connectivity index (χ0v) is 16.1. The highest BCUT2D eigenvalue weighted by Gasteiger charge is 2.21. The van der Waals surface area contributed by atoms with Gasteiger partial charge in [-0.1, -0.05) is 6.07 Å². The molecular weight excluding hydrogens is 347 g/mol. The molecule has 0 atom stereocenters. The molecule has 1 aromatic carbocycles. The molecule has 146 valence electrons. The van der Waals surface area contributed by atoms with Gasteiger partial charge in [0.05, 0.1) is 18.2 Å². The molecule has 0 aromatic heterocycles. The third kappa shape index (κ3) is 6.22. The van der Waals surface area contributed by atoms with E-state index in [-0.39, 0.29) is 11.9 Å². The van der Waals surface area contributed by atoms with E-state index in [1.54, 1.807) is 19.2 Å². The van der Waals surface area contributed by atoms with E-state index in [0.717, 1.165) is 26.2 Å². The van der Waals surface area contributed by atoms with Crippen LogP contribution in [-0.2, 0) is 11.3 Å². The molecule has 0 radical (unpaired) electrons. The van der Waals surface area contributed by atoms with Gasteiger partial charge >= 0.3 is 0 Å². The average Bonchev–Trinajstić information content (AvgIpc) is 2.63. The Kier molecular flexibility index (Phi) is 7.55. The Bertz CT molecular complexity index is 719. The van der Waals surface area contributed by atoms with Crippen molar-refractivity contribution in [3.63, 3.8) is 0 Å².